The SMILES string of the molecule is CCCNCCNC(=O)c1ccc2c(c1)Cc1ccccc1-2. The summed E-state index contributed by atoms with van der Waals surface area (Å²) in [5, 5.41) is 6.25. The van der Waals surface area contributed by atoms with E-state index in [9.17, 15) is 4.79 Å². The molecule has 0 atom stereocenters. The van der Waals surface area contributed by atoms with Crippen molar-refractivity contribution in [1.82, 2.24) is 10.6 Å². The van der Waals surface area contributed by atoms with Crippen molar-refractivity contribution in [2.24, 2.45) is 0 Å². The maximum atomic E-state index is 12.2. The number of rotatable bonds is 6. The van der Waals surface area contributed by atoms with Gasteiger partial charge >= 0.3 is 0 Å². The number of carbonyl (C=O) groups is 1. The summed E-state index contributed by atoms with van der Waals surface area (Å²) in [5.41, 5.74) is 5.91. The minimum atomic E-state index is 0.0112. The first-order chi connectivity index (χ1) is 10.8. The predicted molar refractivity (Wildman–Crippen MR) is 90.2 cm³/mol. The van der Waals surface area contributed by atoms with E-state index in [0.29, 0.717) is 6.54 Å². The molecule has 0 aliphatic heterocycles. The Balaban J connectivity index is 1.65. The Kier molecular flexibility index (Phi) is 4.54. The number of carbonyl (C=O) groups excluding carboxylic acids is 1. The fraction of sp³-hybridized carbons (Fsp3) is 0.316. The number of hydrogen-bond donors (Lipinski definition) is 2. The second-order valence-corrected chi connectivity index (χ2v) is 5.71. The molecule has 114 valence electrons. The molecule has 3 nitrogen and oxygen atoms in total. The fourth-order valence-corrected chi connectivity index (χ4v) is 2.95. The minimum Gasteiger partial charge on any atom is -0.351 e. The first kappa shape index (κ1) is 14.8. The van der Waals surface area contributed by atoms with E-state index in [0.717, 1.165) is 31.5 Å². The number of benzene rings is 2. The molecule has 2 aromatic carbocycles. The Morgan fingerprint density at radius 3 is 2.68 bits per heavy atom. The van der Waals surface area contributed by atoms with Gasteiger partial charge in [-0.05, 0) is 53.8 Å². The van der Waals surface area contributed by atoms with Crippen LogP contribution in [0.3, 0.4) is 0 Å². The van der Waals surface area contributed by atoms with Crippen LogP contribution in [0.4, 0.5) is 0 Å². The highest BCUT2D eigenvalue weighted by Crippen LogP contribution is 2.36. The Morgan fingerprint density at radius 1 is 1.00 bits per heavy atom. The highest BCUT2D eigenvalue weighted by Gasteiger charge is 2.19. The average molecular weight is 294 g/mol. The molecular weight excluding hydrogens is 272 g/mol. The standard InChI is InChI=1S/C19H22N2O/c1-2-9-20-10-11-21-19(22)15-7-8-18-16(13-15)12-14-5-3-4-6-17(14)18/h3-8,13,20H,2,9-12H2,1H3,(H,21,22). The highest BCUT2D eigenvalue weighted by molar-refractivity contribution is 5.95. The molecule has 0 fully saturated rings. The van der Waals surface area contributed by atoms with Gasteiger partial charge < -0.3 is 10.6 Å². The zero-order valence-electron chi connectivity index (χ0n) is 13.0. The monoisotopic (exact) mass is 294 g/mol. The van der Waals surface area contributed by atoms with E-state index in [1.165, 1.54) is 22.3 Å². The Bertz CT molecular complexity index is 679. The van der Waals surface area contributed by atoms with Crippen LogP contribution in [0.5, 0.6) is 0 Å². The lowest BCUT2D eigenvalue weighted by molar-refractivity contribution is 0.0954. The van der Waals surface area contributed by atoms with Gasteiger partial charge in [-0.2, -0.15) is 0 Å². The fourth-order valence-electron chi connectivity index (χ4n) is 2.95. The summed E-state index contributed by atoms with van der Waals surface area (Å²) >= 11 is 0. The van der Waals surface area contributed by atoms with E-state index in [1.54, 1.807) is 0 Å². The van der Waals surface area contributed by atoms with Gasteiger partial charge in [-0.15, -0.1) is 0 Å². The van der Waals surface area contributed by atoms with E-state index >= 15 is 0 Å². The molecular formula is C19H22N2O. The van der Waals surface area contributed by atoms with Crippen molar-refractivity contribution in [2.75, 3.05) is 19.6 Å². The van der Waals surface area contributed by atoms with Crippen LogP contribution >= 0.6 is 0 Å². The van der Waals surface area contributed by atoms with Gasteiger partial charge in [-0.25, -0.2) is 0 Å². The lowest BCUT2D eigenvalue weighted by Gasteiger charge is -2.08. The smallest absolute Gasteiger partial charge is 0.251 e. The zero-order valence-corrected chi connectivity index (χ0v) is 13.0. The summed E-state index contributed by atoms with van der Waals surface area (Å²) in [7, 11) is 0. The van der Waals surface area contributed by atoms with Crippen molar-refractivity contribution in [1.29, 1.82) is 0 Å². The highest BCUT2D eigenvalue weighted by atomic mass is 16.1. The summed E-state index contributed by atoms with van der Waals surface area (Å²) in [6.07, 6.45) is 2.03. The Hall–Kier alpha value is -2.13. The molecule has 2 aromatic rings. The summed E-state index contributed by atoms with van der Waals surface area (Å²) < 4.78 is 0. The normalized spacial score (nSPS) is 11.9. The van der Waals surface area contributed by atoms with Crippen molar-refractivity contribution >= 4 is 5.91 Å². The number of amides is 1. The number of nitrogens with one attached hydrogen (secondary N) is 2. The second kappa shape index (κ2) is 6.75. The van der Waals surface area contributed by atoms with Crippen molar-refractivity contribution in [3.8, 4) is 11.1 Å². The van der Waals surface area contributed by atoms with E-state index in [2.05, 4.69) is 47.9 Å². The molecule has 22 heavy (non-hydrogen) atoms. The van der Waals surface area contributed by atoms with Crippen LogP contribution in [0.2, 0.25) is 0 Å². The van der Waals surface area contributed by atoms with Crippen LogP contribution in [0, 0.1) is 0 Å². The molecule has 0 heterocycles. The molecule has 0 aromatic heterocycles. The third-order valence-electron chi connectivity index (χ3n) is 4.07. The van der Waals surface area contributed by atoms with E-state index in [-0.39, 0.29) is 5.91 Å². The lowest BCUT2D eigenvalue weighted by Crippen LogP contribution is -2.32. The van der Waals surface area contributed by atoms with Crippen molar-refractivity contribution in [3.63, 3.8) is 0 Å². The van der Waals surface area contributed by atoms with Crippen LogP contribution in [-0.2, 0) is 6.42 Å². The van der Waals surface area contributed by atoms with Crippen LogP contribution in [0.25, 0.3) is 11.1 Å². The van der Waals surface area contributed by atoms with Gasteiger partial charge in [0.05, 0.1) is 0 Å². The first-order valence-corrected chi connectivity index (χ1v) is 7.99. The van der Waals surface area contributed by atoms with Crippen LogP contribution in [0.15, 0.2) is 42.5 Å². The topological polar surface area (TPSA) is 41.1 Å². The van der Waals surface area contributed by atoms with Gasteiger partial charge in [0.1, 0.15) is 0 Å². The van der Waals surface area contributed by atoms with Gasteiger partial charge in [0.15, 0.2) is 0 Å². The Labute approximate surface area is 131 Å². The summed E-state index contributed by atoms with van der Waals surface area (Å²) in [4.78, 5) is 12.2. The molecule has 1 aliphatic rings. The molecule has 2 N–H and O–H groups in total. The van der Waals surface area contributed by atoms with Crippen molar-refractivity contribution in [3.05, 3.63) is 59.2 Å². The molecule has 0 spiro atoms. The van der Waals surface area contributed by atoms with E-state index in [1.807, 2.05) is 12.1 Å². The maximum absolute atomic E-state index is 12.2. The molecule has 3 heteroatoms. The lowest BCUT2D eigenvalue weighted by atomic mass is 10.0. The van der Waals surface area contributed by atoms with Crippen LogP contribution in [0.1, 0.15) is 34.8 Å². The number of fused-ring (bicyclic) bond motifs is 3. The van der Waals surface area contributed by atoms with Gasteiger partial charge in [0.2, 0.25) is 0 Å². The van der Waals surface area contributed by atoms with Gasteiger partial charge in [-0.3, -0.25) is 4.79 Å². The third kappa shape index (κ3) is 3.04. The molecule has 0 radical (unpaired) electrons. The molecule has 1 amide bonds. The molecule has 0 saturated heterocycles. The summed E-state index contributed by atoms with van der Waals surface area (Å²) in [6, 6.07) is 14.5. The average Bonchev–Trinajstić information content (AvgIpc) is 2.92. The molecule has 0 bridgehead atoms. The number of hydrogen-bond acceptors (Lipinski definition) is 2. The first-order valence-electron chi connectivity index (χ1n) is 7.99. The van der Waals surface area contributed by atoms with Crippen molar-refractivity contribution < 1.29 is 4.79 Å². The third-order valence-corrected chi connectivity index (χ3v) is 4.07. The van der Waals surface area contributed by atoms with Crippen LogP contribution in [-0.4, -0.2) is 25.5 Å². The molecule has 0 unspecified atom stereocenters. The van der Waals surface area contributed by atoms with E-state index < -0.39 is 0 Å². The molecule has 1 aliphatic carbocycles. The van der Waals surface area contributed by atoms with E-state index in [4.69, 9.17) is 0 Å². The predicted octanol–water partition coefficient (Wildman–Crippen LogP) is 2.99. The van der Waals surface area contributed by atoms with Crippen molar-refractivity contribution in [2.45, 2.75) is 19.8 Å². The minimum absolute atomic E-state index is 0.0112. The molecule has 0 saturated carbocycles. The van der Waals surface area contributed by atoms with Crippen LogP contribution < -0.4 is 10.6 Å². The van der Waals surface area contributed by atoms with Gasteiger partial charge in [0, 0.05) is 18.7 Å². The quantitative estimate of drug-likeness (QED) is 0.686. The second-order valence-electron chi connectivity index (χ2n) is 5.71. The summed E-state index contributed by atoms with van der Waals surface area (Å²) in [6.45, 7) is 4.60. The zero-order chi connectivity index (χ0) is 15.4. The maximum Gasteiger partial charge on any atom is 0.251 e. The van der Waals surface area contributed by atoms with Gasteiger partial charge in [-0.1, -0.05) is 37.3 Å². The summed E-state index contributed by atoms with van der Waals surface area (Å²) in [5.74, 6) is 0.0112. The largest absolute Gasteiger partial charge is 0.351 e. The Morgan fingerprint density at radius 2 is 1.82 bits per heavy atom. The molecule has 3 rings (SSSR count). The van der Waals surface area contributed by atoms with Gasteiger partial charge in [0.25, 0.3) is 5.91 Å².